The third-order valence-electron chi connectivity index (χ3n) is 5.15. The molecule has 1 aromatic heterocycles. The number of hydrogen-bond donors (Lipinski definition) is 1. The molecule has 0 saturated carbocycles. The molecule has 0 bridgehead atoms. The van der Waals surface area contributed by atoms with E-state index in [9.17, 15) is 9.59 Å². The lowest BCUT2D eigenvalue weighted by Crippen LogP contribution is -2.63. The SMILES string of the molecule is COCCN1C(=O)CO[C@H]2CCN(C(=O)c3ccc4nc[nH]c4c3)C[C@@H]21. The molecule has 2 amide bonds. The number of aromatic nitrogens is 2. The number of morpholine rings is 1. The Morgan fingerprint density at radius 1 is 1.46 bits per heavy atom. The fourth-order valence-electron chi connectivity index (χ4n) is 3.77. The highest BCUT2D eigenvalue weighted by Gasteiger charge is 2.41. The number of amides is 2. The van der Waals surface area contributed by atoms with Gasteiger partial charge < -0.3 is 24.3 Å². The lowest BCUT2D eigenvalue weighted by molar-refractivity contribution is -0.163. The predicted molar refractivity (Wildman–Crippen MR) is 93.7 cm³/mol. The number of hydrogen-bond acceptors (Lipinski definition) is 5. The fraction of sp³-hybridized carbons (Fsp3) is 0.500. The maximum absolute atomic E-state index is 13.0. The molecule has 1 N–H and O–H groups in total. The van der Waals surface area contributed by atoms with Crippen molar-refractivity contribution in [2.45, 2.75) is 18.6 Å². The molecule has 2 aliphatic rings. The van der Waals surface area contributed by atoms with E-state index in [2.05, 4.69) is 9.97 Å². The summed E-state index contributed by atoms with van der Waals surface area (Å²) in [4.78, 5) is 36.0. The van der Waals surface area contributed by atoms with Gasteiger partial charge in [-0.25, -0.2) is 4.98 Å². The Kier molecular flexibility index (Phi) is 4.60. The molecule has 8 nitrogen and oxygen atoms in total. The van der Waals surface area contributed by atoms with Crippen molar-refractivity contribution in [1.82, 2.24) is 19.8 Å². The van der Waals surface area contributed by atoms with Crippen LogP contribution in [0.3, 0.4) is 0 Å². The van der Waals surface area contributed by atoms with Gasteiger partial charge in [0, 0.05) is 32.3 Å². The van der Waals surface area contributed by atoms with E-state index in [-0.39, 0.29) is 30.6 Å². The number of fused-ring (bicyclic) bond motifs is 2. The van der Waals surface area contributed by atoms with E-state index < -0.39 is 0 Å². The summed E-state index contributed by atoms with van der Waals surface area (Å²) in [7, 11) is 1.62. The Morgan fingerprint density at radius 2 is 2.35 bits per heavy atom. The number of benzene rings is 1. The van der Waals surface area contributed by atoms with Crippen LogP contribution in [0.1, 0.15) is 16.8 Å². The summed E-state index contributed by atoms with van der Waals surface area (Å²) in [6.45, 7) is 2.18. The minimum Gasteiger partial charge on any atom is -0.383 e. The van der Waals surface area contributed by atoms with Crippen molar-refractivity contribution in [3.8, 4) is 0 Å². The van der Waals surface area contributed by atoms with Crippen molar-refractivity contribution in [1.29, 1.82) is 0 Å². The topological polar surface area (TPSA) is 87.8 Å². The van der Waals surface area contributed by atoms with Crippen LogP contribution in [0.5, 0.6) is 0 Å². The number of H-pyrrole nitrogens is 1. The van der Waals surface area contributed by atoms with E-state index in [0.29, 0.717) is 31.8 Å². The van der Waals surface area contributed by atoms with Crippen LogP contribution in [0.15, 0.2) is 24.5 Å². The van der Waals surface area contributed by atoms with Gasteiger partial charge in [-0.05, 0) is 24.6 Å². The lowest BCUT2D eigenvalue weighted by atomic mass is 9.97. The zero-order valence-corrected chi connectivity index (χ0v) is 14.7. The summed E-state index contributed by atoms with van der Waals surface area (Å²) >= 11 is 0. The molecule has 0 aliphatic carbocycles. The van der Waals surface area contributed by atoms with Crippen molar-refractivity contribution in [2.75, 3.05) is 40.0 Å². The van der Waals surface area contributed by atoms with Gasteiger partial charge in [0.05, 0.1) is 36.1 Å². The van der Waals surface area contributed by atoms with E-state index in [1.165, 1.54) is 0 Å². The number of rotatable bonds is 4. The molecule has 3 heterocycles. The zero-order valence-electron chi connectivity index (χ0n) is 14.7. The van der Waals surface area contributed by atoms with E-state index in [1.807, 2.05) is 12.1 Å². The van der Waals surface area contributed by atoms with Gasteiger partial charge >= 0.3 is 0 Å². The molecule has 8 heteroatoms. The van der Waals surface area contributed by atoms with Gasteiger partial charge in [-0.2, -0.15) is 0 Å². The minimum atomic E-state index is -0.125. The number of aromatic amines is 1. The first-order chi connectivity index (χ1) is 12.7. The lowest BCUT2D eigenvalue weighted by Gasteiger charge is -2.46. The Labute approximate surface area is 151 Å². The fourth-order valence-corrected chi connectivity index (χ4v) is 3.77. The Morgan fingerprint density at radius 3 is 3.19 bits per heavy atom. The number of methoxy groups -OCH3 is 1. The highest BCUT2D eigenvalue weighted by atomic mass is 16.5. The largest absolute Gasteiger partial charge is 0.383 e. The van der Waals surface area contributed by atoms with E-state index in [0.717, 1.165) is 17.5 Å². The third-order valence-corrected chi connectivity index (χ3v) is 5.15. The number of carbonyl (C=O) groups is 2. The molecule has 2 atom stereocenters. The normalized spacial score (nSPS) is 23.3. The Bertz CT molecular complexity index is 820. The molecule has 0 radical (unpaired) electrons. The maximum Gasteiger partial charge on any atom is 0.254 e. The molecule has 0 unspecified atom stereocenters. The molecule has 2 aromatic rings. The van der Waals surface area contributed by atoms with Gasteiger partial charge in [0.25, 0.3) is 5.91 Å². The molecule has 26 heavy (non-hydrogen) atoms. The average Bonchev–Trinajstić information content (AvgIpc) is 3.14. The minimum absolute atomic E-state index is 0.0244. The Balaban J connectivity index is 1.52. The van der Waals surface area contributed by atoms with Crippen molar-refractivity contribution in [3.63, 3.8) is 0 Å². The summed E-state index contributed by atoms with van der Waals surface area (Å²) in [6, 6.07) is 5.33. The average molecular weight is 358 g/mol. The first kappa shape index (κ1) is 17.0. The van der Waals surface area contributed by atoms with Crippen LogP contribution in [0, 0.1) is 0 Å². The summed E-state index contributed by atoms with van der Waals surface area (Å²) in [6.07, 6.45) is 2.31. The standard InChI is InChI=1S/C18H22N4O4/c1-25-7-6-22-15-9-21(5-4-16(15)26-10-17(22)23)18(24)12-2-3-13-14(8-12)20-11-19-13/h2-3,8,11,15-16H,4-7,9-10H2,1H3,(H,19,20)/t15-,16-/m0/s1. The number of imidazole rings is 1. The molecular weight excluding hydrogens is 336 g/mol. The number of nitrogens with zero attached hydrogens (tertiary/aromatic N) is 3. The number of ether oxygens (including phenoxy) is 2. The van der Waals surface area contributed by atoms with Crippen LogP contribution < -0.4 is 0 Å². The van der Waals surface area contributed by atoms with Gasteiger partial charge in [-0.1, -0.05) is 0 Å². The summed E-state index contributed by atoms with van der Waals surface area (Å²) in [5.74, 6) is -0.0823. The third kappa shape index (κ3) is 3.06. The second-order valence-electron chi connectivity index (χ2n) is 6.67. The van der Waals surface area contributed by atoms with Crippen LogP contribution in [0.4, 0.5) is 0 Å². The smallest absolute Gasteiger partial charge is 0.254 e. The predicted octanol–water partition coefficient (Wildman–Crippen LogP) is 0.651. The summed E-state index contributed by atoms with van der Waals surface area (Å²) < 4.78 is 10.8. The number of likely N-dealkylation sites (tertiary alicyclic amines) is 1. The van der Waals surface area contributed by atoms with E-state index in [4.69, 9.17) is 9.47 Å². The number of nitrogens with one attached hydrogen (secondary N) is 1. The van der Waals surface area contributed by atoms with Gasteiger partial charge in [0.15, 0.2) is 0 Å². The molecule has 0 spiro atoms. The highest BCUT2D eigenvalue weighted by molar-refractivity contribution is 5.97. The van der Waals surface area contributed by atoms with Crippen LogP contribution in [-0.2, 0) is 14.3 Å². The van der Waals surface area contributed by atoms with Crippen molar-refractivity contribution in [2.24, 2.45) is 0 Å². The van der Waals surface area contributed by atoms with Gasteiger partial charge in [0.2, 0.25) is 5.91 Å². The van der Waals surface area contributed by atoms with Crippen LogP contribution in [-0.4, -0.2) is 83.7 Å². The van der Waals surface area contributed by atoms with Crippen molar-refractivity contribution >= 4 is 22.8 Å². The molecule has 138 valence electrons. The summed E-state index contributed by atoms with van der Waals surface area (Å²) in [5, 5.41) is 0. The van der Waals surface area contributed by atoms with Gasteiger partial charge in [-0.3, -0.25) is 9.59 Å². The first-order valence-corrected chi connectivity index (χ1v) is 8.80. The number of piperidine rings is 1. The van der Waals surface area contributed by atoms with Crippen molar-refractivity contribution in [3.05, 3.63) is 30.1 Å². The molecule has 2 aliphatic heterocycles. The number of carbonyl (C=O) groups excluding carboxylic acids is 2. The molecule has 1 aromatic carbocycles. The monoisotopic (exact) mass is 358 g/mol. The van der Waals surface area contributed by atoms with E-state index >= 15 is 0 Å². The Hall–Kier alpha value is -2.45. The van der Waals surface area contributed by atoms with Crippen LogP contribution in [0.25, 0.3) is 11.0 Å². The molecular formula is C18H22N4O4. The molecule has 2 fully saturated rings. The van der Waals surface area contributed by atoms with Crippen LogP contribution >= 0.6 is 0 Å². The second-order valence-corrected chi connectivity index (χ2v) is 6.67. The van der Waals surface area contributed by atoms with Gasteiger partial charge in [0.1, 0.15) is 6.61 Å². The quantitative estimate of drug-likeness (QED) is 0.867. The zero-order chi connectivity index (χ0) is 18.1. The van der Waals surface area contributed by atoms with Crippen molar-refractivity contribution < 1.29 is 19.1 Å². The highest BCUT2D eigenvalue weighted by Crippen LogP contribution is 2.25. The van der Waals surface area contributed by atoms with E-state index in [1.54, 1.807) is 29.3 Å². The second kappa shape index (κ2) is 7.05. The molecule has 2 saturated heterocycles. The molecule has 4 rings (SSSR count). The first-order valence-electron chi connectivity index (χ1n) is 8.80. The van der Waals surface area contributed by atoms with Crippen LogP contribution in [0.2, 0.25) is 0 Å². The maximum atomic E-state index is 13.0. The van der Waals surface area contributed by atoms with Gasteiger partial charge in [-0.15, -0.1) is 0 Å². The summed E-state index contributed by atoms with van der Waals surface area (Å²) in [5.41, 5.74) is 2.28.